The number of hydrogen-bond acceptors (Lipinski definition) is 4. The molecule has 3 N–H and O–H groups in total. The Bertz CT molecular complexity index is 1040. The average Bonchev–Trinajstić information content (AvgIpc) is 2.98. The highest BCUT2D eigenvalue weighted by atomic mass is 35.5. The minimum Gasteiger partial charge on any atom is -0.481 e. The quantitative estimate of drug-likeness (QED) is 0.350. The first kappa shape index (κ1) is 26.0. The van der Waals surface area contributed by atoms with E-state index in [9.17, 15) is 14.7 Å². The van der Waals surface area contributed by atoms with Crippen LogP contribution in [0.5, 0.6) is 0 Å². The minimum atomic E-state index is -1.01. The Kier molecular flexibility index (Phi) is 8.96. The van der Waals surface area contributed by atoms with Crippen LogP contribution in [0.25, 0.3) is 6.08 Å². The van der Waals surface area contributed by atoms with Crippen LogP contribution < -0.4 is 10.6 Å². The molecule has 0 radical (unpaired) electrons. The molecule has 1 heterocycles. The zero-order valence-electron chi connectivity index (χ0n) is 18.8. The Balaban J connectivity index is 2.40. The van der Waals surface area contributed by atoms with Crippen LogP contribution >= 0.6 is 34.5 Å². The maximum absolute atomic E-state index is 13.1. The molecule has 1 aromatic heterocycles. The molecule has 0 saturated heterocycles. The minimum absolute atomic E-state index is 0.311. The second-order valence-electron chi connectivity index (χ2n) is 7.94. The Labute approximate surface area is 203 Å². The van der Waals surface area contributed by atoms with Gasteiger partial charge in [0.15, 0.2) is 0 Å². The number of hydrogen-bond donors (Lipinski definition) is 3. The molecular weight excluding hydrogens is 467 g/mol. The lowest BCUT2D eigenvalue weighted by Gasteiger charge is -2.27. The molecule has 1 atom stereocenters. The smallest absolute Gasteiger partial charge is 0.312 e. The van der Waals surface area contributed by atoms with Gasteiger partial charge in [0.05, 0.1) is 16.5 Å². The van der Waals surface area contributed by atoms with E-state index in [0.717, 1.165) is 16.1 Å². The number of carboxylic acids is 1. The summed E-state index contributed by atoms with van der Waals surface area (Å²) in [7, 11) is 0. The van der Waals surface area contributed by atoms with E-state index in [4.69, 9.17) is 23.2 Å². The van der Waals surface area contributed by atoms with Crippen molar-refractivity contribution < 1.29 is 14.7 Å². The molecule has 5 nitrogen and oxygen atoms in total. The number of carboxylic acid groups (broad SMARTS) is 1. The average molecular weight is 495 g/mol. The fourth-order valence-corrected chi connectivity index (χ4v) is 4.79. The van der Waals surface area contributed by atoms with Gasteiger partial charge in [0.25, 0.3) is 5.91 Å². The predicted molar refractivity (Wildman–Crippen MR) is 135 cm³/mol. The number of aliphatic carboxylic acids is 1. The van der Waals surface area contributed by atoms with Gasteiger partial charge in [-0.3, -0.25) is 9.59 Å². The number of allylic oxidation sites excluding steroid dienone is 1. The Morgan fingerprint density at radius 3 is 2.38 bits per heavy atom. The lowest BCUT2D eigenvalue weighted by Crippen LogP contribution is -2.36. The van der Waals surface area contributed by atoms with Crippen molar-refractivity contribution >= 4 is 58.2 Å². The lowest BCUT2D eigenvalue weighted by atomic mass is 9.95. The third-order valence-electron chi connectivity index (χ3n) is 4.80. The lowest BCUT2D eigenvalue weighted by molar-refractivity contribution is -0.140. The van der Waals surface area contributed by atoms with Crippen molar-refractivity contribution in [2.45, 2.75) is 46.6 Å². The van der Waals surface area contributed by atoms with Crippen LogP contribution in [0.4, 0.5) is 5.69 Å². The SMILES string of the molecule is CC=Cc1sc(C(=O)NC(=CC(C)(C)Nc2ccc(Cl)cc2)C(CC)C(=O)O)c(Cl)c1C. The highest BCUT2D eigenvalue weighted by molar-refractivity contribution is 7.15. The first-order valence-electron chi connectivity index (χ1n) is 10.2. The molecule has 2 rings (SSSR count). The molecule has 1 unspecified atom stereocenters. The summed E-state index contributed by atoms with van der Waals surface area (Å²) in [5.41, 5.74) is 1.29. The van der Waals surface area contributed by atoms with Gasteiger partial charge in [-0.25, -0.2) is 0 Å². The zero-order chi connectivity index (χ0) is 24.1. The normalized spacial score (nSPS) is 13.3. The molecule has 0 aliphatic rings. The summed E-state index contributed by atoms with van der Waals surface area (Å²) in [6.07, 6.45) is 5.83. The third-order valence-corrected chi connectivity index (χ3v) is 6.89. The topological polar surface area (TPSA) is 78.4 Å². The number of nitrogens with one attached hydrogen (secondary N) is 2. The molecule has 0 spiro atoms. The van der Waals surface area contributed by atoms with E-state index in [2.05, 4.69) is 10.6 Å². The van der Waals surface area contributed by atoms with Crippen molar-refractivity contribution in [3.8, 4) is 0 Å². The summed E-state index contributed by atoms with van der Waals surface area (Å²) < 4.78 is 0. The van der Waals surface area contributed by atoms with Crippen LogP contribution in [0.1, 0.15) is 54.2 Å². The van der Waals surface area contributed by atoms with Crippen molar-refractivity contribution in [2.75, 3.05) is 5.32 Å². The number of carbonyl (C=O) groups is 2. The first-order chi connectivity index (χ1) is 15.0. The second kappa shape index (κ2) is 11.0. The second-order valence-corrected chi connectivity index (χ2v) is 9.81. The maximum Gasteiger partial charge on any atom is 0.312 e. The number of amides is 1. The van der Waals surface area contributed by atoms with Crippen molar-refractivity contribution in [3.63, 3.8) is 0 Å². The Morgan fingerprint density at radius 1 is 1.22 bits per heavy atom. The fraction of sp³-hybridized carbons (Fsp3) is 0.333. The highest BCUT2D eigenvalue weighted by Gasteiger charge is 2.28. The monoisotopic (exact) mass is 494 g/mol. The largest absolute Gasteiger partial charge is 0.481 e. The van der Waals surface area contributed by atoms with E-state index in [1.165, 1.54) is 11.3 Å². The predicted octanol–water partition coefficient (Wildman–Crippen LogP) is 7.01. The Morgan fingerprint density at radius 2 is 1.84 bits per heavy atom. The van der Waals surface area contributed by atoms with Gasteiger partial charge in [0.1, 0.15) is 4.88 Å². The van der Waals surface area contributed by atoms with E-state index in [0.29, 0.717) is 27.0 Å². The van der Waals surface area contributed by atoms with E-state index >= 15 is 0 Å². The molecule has 0 saturated carbocycles. The van der Waals surface area contributed by atoms with Crippen LogP contribution in [-0.2, 0) is 4.79 Å². The molecule has 0 bridgehead atoms. The van der Waals surface area contributed by atoms with E-state index in [1.54, 1.807) is 25.1 Å². The molecule has 2 aromatic rings. The van der Waals surface area contributed by atoms with Gasteiger partial charge in [0, 0.05) is 21.3 Å². The van der Waals surface area contributed by atoms with Crippen molar-refractivity contribution in [1.29, 1.82) is 0 Å². The zero-order valence-corrected chi connectivity index (χ0v) is 21.1. The summed E-state index contributed by atoms with van der Waals surface area (Å²) in [5.74, 6) is -2.31. The standard InChI is InChI=1S/C24H28Cl2N2O3S/c1-6-8-19-14(3)20(26)21(32-19)22(29)27-18(17(7-2)23(30)31)13-24(4,5)28-16-11-9-15(25)10-12-16/h6,8-13,17,28H,7H2,1-5H3,(H,27,29)(H,30,31). The summed E-state index contributed by atoms with van der Waals surface area (Å²) in [5, 5.41) is 16.9. The fourth-order valence-electron chi connectivity index (χ4n) is 3.24. The van der Waals surface area contributed by atoms with E-state index in [1.807, 2.05) is 52.0 Å². The number of rotatable bonds is 9. The molecule has 0 aliphatic heterocycles. The van der Waals surface area contributed by atoms with Crippen LogP contribution in [0.15, 0.2) is 42.1 Å². The van der Waals surface area contributed by atoms with Gasteiger partial charge in [-0.15, -0.1) is 11.3 Å². The van der Waals surface area contributed by atoms with Gasteiger partial charge < -0.3 is 15.7 Å². The van der Waals surface area contributed by atoms with Crippen LogP contribution in [0.3, 0.4) is 0 Å². The summed E-state index contributed by atoms with van der Waals surface area (Å²) >= 11 is 13.6. The molecule has 32 heavy (non-hydrogen) atoms. The summed E-state index contributed by atoms with van der Waals surface area (Å²) in [6, 6.07) is 7.20. The number of halogens is 2. The number of thiophene rings is 1. The van der Waals surface area contributed by atoms with Gasteiger partial charge in [-0.1, -0.05) is 36.2 Å². The third kappa shape index (κ3) is 6.61. The maximum atomic E-state index is 13.1. The molecule has 1 aromatic carbocycles. The molecule has 0 fully saturated rings. The molecule has 1 amide bonds. The molecule has 8 heteroatoms. The van der Waals surface area contributed by atoms with Gasteiger partial charge >= 0.3 is 5.97 Å². The molecule has 172 valence electrons. The van der Waals surface area contributed by atoms with Crippen molar-refractivity contribution in [1.82, 2.24) is 5.32 Å². The van der Waals surface area contributed by atoms with Crippen LogP contribution in [0.2, 0.25) is 10.0 Å². The van der Waals surface area contributed by atoms with Crippen molar-refractivity contribution in [3.05, 3.63) is 67.5 Å². The number of benzene rings is 1. The first-order valence-corrected chi connectivity index (χ1v) is 11.8. The van der Waals surface area contributed by atoms with Crippen LogP contribution in [-0.4, -0.2) is 22.5 Å². The van der Waals surface area contributed by atoms with Gasteiger partial charge in [0.2, 0.25) is 0 Å². The molecule has 0 aliphatic carbocycles. The van der Waals surface area contributed by atoms with E-state index in [-0.39, 0.29) is 0 Å². The van der Waals surface area contributed by atoms with Gasteiger partial charge in [-0.05, 0) is 76.1 Å². The van der Waals surface area contributed by atoms with Gasteiger partial charge in [-0.2, -0.15) is 0 Å². The van der Waals surface area contributed by atoms with Crippen LogP contribution in [0, 0.1) is 12.8 Å². The molecular formula is C24H28Cl2N2O3S. The van der Waals surface area contributed by atoms with E-state index < -0.39 is 23.3 Å². The highest BCUT2D eigenvalue weighted by Crippen LogP contribution is 2.34. The Hall–Kier alpha value is -2.28. The van der Waals surface area contributed by atoms with Crippen molar-refractivity contribution in [2.24, 2.45) is 5.92 Å². The summed E-state index contributed by atoms with van der Waals surface area (Å²) in [4.78, 5) is 26.3. The number of carbonyl (C=O) groups excluding carboxylic acids is 1. The number of anilines is 1. The summed E-state index contributed by atoms with van der Waals surface area (Å²) in [6.45, 7) is 9.31.